The molecule has 0 aliphatic heterocycles. The normalized spacial score (nSPS) is 13.7. The summed E-state index contributed by atoms with van der Waals surface area (Å²) in [5.41, 5.74) is 4.55. The fourth-order valence-electron chi connectivity index (χ4n) is 3.06. The van der Waals surface area contributed by atoms with E-state index in [2.05, 4.69) is 36.8 Å². The fraction of sp³-hybridized carbons (Fsp3) is 0.231. The Labute approximate surface area is 179 Å². The number of hydrogen-bond donors (Lipinski definition) is 1. The molecule has 0 bridgehead atoms. The molecule has 1 aromatic heterocycles. The Balaban J connectivity index is 2.55. The molecule has 0 aliphatic carbocycles. The van der Waals surface area contributed by atoms with Gasteiger partial charge < -0.3 is 5.32 Å². The van der Waals surface area contributed by atoms with Crippen LogP contribution in [0.15, 0.2) is 96.4 Å². The van der Waals surface area contributed by atoms with E-state index >= 15 is 0 Å². The van der Waals surface area contributed by atoms with E-state index in [4.69, 9.17) is 4.99 Å². The van der Waals surface area contributed by atoms with Crippen LogP contribution in [-0.2, 0) is 6.42 Å². The van der Waals surface area contributed by atoms with E-state index in [0.717, 1.165) is 41.1 Å². The maximum Gasteiger partial charge on any atom is 0.123 e. The first-order valence-corrected chi connectivity index (χ1v) is 10.3. The highest BCUT2D eigenvalue weighted by Gasteiger charge is 2.11. The Morgan fingerprint density at radius 1 is 1.23 bits per heavy atom. The Morgan fingerprint density at radius 2 is 2.07 bits per heavy atom. The van der Waals surface area contributed by atoms with Crippen LogP contribution in [0, 0.1) is 5.82 Å². The number of aliphatic imine (C=N–C) groups is 1. The topological polar surface area (TPSA) is 37.3 Å². The lowest BCUT2D eigenvalue weighted by molar-refractivity contribution is 0.623. The van der Waals surface area contributed by atoms with Gasteiger partial charge in [0, 0.05) is 24.0 Å². The number of halogens is 1. The molecule has 0 saturated heterocycles. The van der Waals surface area contributed by atoms with Crippen molar-refractivity contribution in [2.45, 2.75) is 39.5 Å². The third-order valence-electron chi connectivity index (χ3n) is 4.61. The second-order valence-electron chi connectivity index (χ2n) is 6.75. The van der Waals surface area contributed by atoms with Crippen molar-refractivity contribution in [3.05, 3.63) is 109 Å². The number of aryl methyl sites for hydroxylation is 1. The zero-order chi connectivity index (χ0) is 21.8. The van der Waals surface area contributed by atoms with E-state index in [1.54, 1.807) is 24.5 Å². The van der Waals surface area contributed by atoms with Crippen LogP contribution >= 0.6 is 0 Å². The quantitative estimate of drug-likeness (QED) is 0.350. The minimum absolute atomic E-state index is 0.0585. The van der Waals surface area contributed by atoms with Crippen LogP contribution in [0.25, 0.3) is 0 Å². The number of nitrogens with zero attached hydrogens (tertiary/aromatic N) is 2. The van der Waals surface area contributed by atoms with Crippen LogP contribution in [0.4, 0.5) is 10.1 Å². The Kier molecular flexibility index (Phi) is 9.46. The molecule has 0 saturated carbocycles. The van der Waals surface area contributed by atoms with E-state index < -0.39 is 0 Å². The summed E-state index contributed by atoms with van der Waals surface area (Å²) in [6.45, 7) is 9.82. The highest BCUT2D eigenvalue weighted by Crippen LogP contribution is 2.25. The third-order valence-corrected chi connectivity index (χ3v) is 4.61. The van der Waals surface area contributed by atoms with E-state index in [9.17, 15) is 4.39 Å². The largest absolute Gasteiger partial charge is 0.368 e. The van der Waals surface area contributed by atoms with Crippen molar-refractivity contribution in [2.24, 2.45) is 4.99 Å². The van der Waals surface area contributed by atoms with Crippen molar-refractivity contribution in [3.63, 3.8) is 0 Å². The molecule has 1 unspecified atom stereocenters. The van der Waals surface area contributed by atoms with Crippen molar-refractivity contribution < 1.29 is 4.39 Å². The smallest absolute Gasteiger partial charge is 0.123 e. The summed E-state index contributed by atoms with van der Waals surface area (Å²) in [6.07, 6.45) is 15.0. The van der Waals surface area contributed by atoms with Gasteiger partial charge in [0.25, 0.3) is 0 Å². The average molecular weight is 404 g/mol. The Morgan fingerprint density at radius 3 is 2.73 bits per heavy atom. The van der Waals surface area contributed by atoms with Crippen molar-refractivity contribution in [3.8, 4) is 0 Å². The maximum atomic E-state index is 13.8. The first-order chi connectivity index (χ1) is 14.6. The van der Waals surface area contributed by atoms with Gasteiger partial charge in [-0.25, -0.2) is 9.38 Å². The van der Waals surface area contributed by atoms with E-state index in [0.29, 0.717) is 0 Å². The van der Waals surface area contributed by atoms with Gasteiger partial charge in [-0.3, -0.25) is 4.98 Å². The number of nitrogens with one attached hydrogen (secondary N) is 1. The number of hydrogen-bond acceptors (Lipinski definition) is 3. The first kappa shape index (κ1) is 23.0. The molecular formula is C26H30FN3. The van der Waals surface area contributed by atoms with Crippen molar-refractivity contribution >= 4 is 11.4 Å². The summed E-state index contributed by atoms with van der Waals surface area (Å²) < 4.78 is 13.8. The summed E-state index contributed by atoms with van der Waals surface area (Å²) in [5.74, 6) is -0.167. The van der Waals surface area contributed by atoms with Gasteiger partial charge in [-0.2, -0.15) is 0 Å². The van der Waals surface area contributed by atoms with Crippen LogP contribution in [0.1, 0.15) is 44.4 Å². The first-order valence-electron chi connectivity index (χ1n) is 10.3. The molecule has 0 radical (unpaired) electrons. The lowest BCUT2D eigenvalue weighted by Crippen LogP contribution is -2.03. The second kappa shape index (κ2) is 12.3. The zero-order valence-corrected chi connectivity index (χ0v) is 18.0. The molecule has 0 spiro atoms. The van der Waals surface area contributed by atoms with Crippen molar-refractivity contribution in [1.29, 1.82) is 0 Å². The van der Waals surface area contributed by atoms with Crippen LogP contribution in [-0.4, -0.2) is 10.7 Å². The summed E-state index contributed by atoms with van der Waals surface area (Å²) in [4.78, 5) is 9.23. The molecule has 1 aromatic carbocycles. The van der Waals surface area contributed by atoms with Gasteiger partial charge in [-0.15, -0.1) is 0 Å². The number of pyridine rings is 1. The van der Waals surface area contributed by atoms with E-state index in [-0.39, 0.29) is 11.7 Å². The van der Waals surface area contributed by atoms with Gasteiger partial charge in [0.2, 0.25) is 0 Å². The maximum absolute atomic E-state index is 13.8. The average Bonchev–Trinajstić information content (AvgIpc) is 2.76. The molecule has 1 N–H and O–H groups in total. The molecule has 0 amide bonds. The van der Waals surface area contributed by atoms with Crippen molar-refractivity contribution in [2.75, 3.05) is 0 Å². The summed E-state index contributed by atoms with van der Waals surface area (Å²) >= 11 is 0. The lowest BCUT2D eigenvalue weighted by atomic mass is 9.92. The van der Waals surface area contributed by atoms with E-state index in [1.807, 2.05) is 49.6 Å². The summed E-state index contributed by atoms with van der Waals surface area (Å²) in [6, 6.07) is 10.7. The molecule has 30 heavy (non-hydrogen) atoms. The van der Waals surface area contributed by atoms with Crippen LogP contribution in [0.3, 0.4) is 0 Å². The summed E-state index contributed by atoms with van der Waals surface area (Å²) in [5, 5.41) is 2.99. The van der Waals surface area contributed by atoms with Gasteiger partial charge >= 0.3 is 0 Å². The molecule has 3 nitrogen and oxygen atoms in total. The fourth-order valence-corrected chi connectivity index (χ4v) is 3.06. The molecular weight excluding hydrogens is 373 g/mol. The molecule has 0 fully saturated rings. The predicted octanol–water partition coefficient (Wildman–Crippen LogP) is 6.80. The zero-order valence-electron chi connectivity index (χ0n) is 18.0. The van der Waals surface area contributed by atoms with Gasteiger partial charge in [0.1, 0.15) is 5.82 Å². The summed E-state index contributed by atoms with van der Waals surface area (Å²) in [7, 11) is 0. The molecule has 4 heteroatoms. The number of rotatable bonds is 10. The minimum atomic E-state index is -0.226. The second-order valence-corrected chi connectivity index (χ2v) is 6.75. The SMILES string of the molecule is C=CN/C=C\C(=C/C(CC)c1cccc(F)c1)C(/C=C\C)=Nc1ccnc(CC)c1. The highest BCUT2D eigenvalue weighted by molar-refractivity contribution is 6.11. The molecule has 2 aromatic rings. The van der Waals surface area contributed by atoms with E-state index in [1.165, 1.54) is 6.07 Å². The predicted molar refractivity (Wildman–Crippen MR) is 126 cm³/mol. The molecule has 2 rings (SSSR count). The van der Waals surface area contributed by atoms with Gasteiger partial charge in [-0.05, 0) is 73.5 Å². The van der Waals surface area contributed by atoms with Crippen molar-refractivity contribution in [1.82, 2.24) is 10.3 Å². The van der Waals surface area contributed by atoms with Crippen LogP contribution in [0.5, 0.6) is 0 Å². The van der Waals surface area contributed by atoms with Crippen LogP contribution in [0.2, 0.25) is 0 Å². The number of aromatic nitrogens is 1. The number of allylic oxidation sites excluding steroid dienone is 5. The highest BCUT2D eigenvalue weighted by atomic mass is 19.1. The molecule has 156 valence electrons. The van der Waals surface area contributed by atoms with Crippen LogP contribution < -0.4 is 5.32 Å². The molecule has 1 heterocycles. The minimum Gasteiger partial charge on any atom is -0.368 e. The van der Waals surface area contributed by atoms with Gasteiger partial charge in [-0.1, -0.05) is 44.7 Å². The number of benzene rings is 1. The van der Waals surface area contributed by atoms with Gasteiger partial charge in [0.05, 0.1) is 11.4 Å². The molecule has 1 atom stereocenters. The lowest BCUT2D eigenvalue weighted by Gasteiger charge is -2.14. The monoisotopic (exact) mass is 403 g/mol. The Hall–Kier alpha value is -3.27. The van der Waals surface area contributed by atoms with Gasteiger partial charge in [0.15, 0.2) is 0 Å². The Bertz CT molecular complexity index is 954. The molecule has 0 aliphatic rings. The standard InChI is InChI=1S/C26H30FN3/c1-5-10-26(30-25-14-16-29-24(7-3)19-25)22(13-15-28-8-4)17-20(6-2)21-11-9-12-23(27)18-21/h5,8-20,28H,4,6-7H2,1-3H3/b10-5-,15-13-,22-17+,30-26?. The third kappa shape index (κ3) is 6.96.